The van der Waals surface area contributed by atoms with E-state index >= 15 is 0 Å². The number of anilines is 1. The molecule has 1 aliphatic carbocycles. The minimum absolute atomic E-state index is 0.00902. The van der Waals surface area contributed by atoms with Gasteiger partial charge >= 0.3 is 0 Å². The second kappa shape index (κ2) is 4.78. The summed E-state index contributed by atoms with van der Waals surface area (Å²) in [5, 5.41) is 2.98. The lowest BCUT2D eigenvalue weighted by Gasteiger charge is -2.08. The van der Waals surface area contributed by atoms with E-state index < -0.39 is 0 Å². The smallest absolute Gasteiger partial charge is 0.254 e. The Kier molecular flexibility index (Phi) is 3.08. The molecule has 1 N–H and O–H groups in total. The fourth-order valence-electron chi connectivity index (χ4n) is 3.05. The van der Waals surface area contributed by atoms with E-state index in [1.807, 2.05) is 6.07 Å². The van der Waals surface area contributed by atoms with Gasteiger partial charge in [0.25, 0.3) is 5.56 Å². The van der Waals surface area contributed by atoms with E-state index in [-0.39, 0.29) is 5.56 Å². The van der Waals surface area contributed by atoms with Crippen LogP contribution in [0.5, 0.6) is 0 Å². The van der Waals surface area contributed by atoms with E-state index in [9.17, 15) is 4.79 Å². The molecule has 0 saturated heterocycles. The molecule has 1 heterocycles. The third kappa shape index (κ3) is 2.01. The second-order valence-electron chi connectivity index (χ2n) is 5.47. The molecule has 0 bridgehead atoms. The normalized spacial score (nSPS) is 24.4. The molecular weight excluding hydrogens is 250 g/mol. The lowest BCUT2D eigenvalue weighted by molar-refractivity contribution is 0.795. The van der Waals surface area contributed by atoms with Crippen molar-refractivity contribution in [3.63, 3.8) is 0 Å². The highest BCUT2D eigenvalue weighted by Gasteiger charge is 2.49. The first-order valence-electron chi connectivity index (χ1n) is 6.94. The van der Waals surface area contributed by atoms with Crippen LogP contribution < -0.4 is 10.9 Å². The number of rotatable bonds is 3. The van der Waals surface area contributed by atoms with Crippen LogP contribution in [0.1, 0.15) is 30.0 Å². The standard InChI is InChI=1S/C16H19N3O/c1-10-14(11-7-5-4-6-8-11)15(10)12-9-13(20)19(3)16(17-2)18-12/h4-10,14-15H,1-3H3,(H,17,18). The van der Waals surface area contributed by atoms with Gasteiger partial charge in [-0.2, -0.15) is 0 Å². The van der Waals surface area contributed by atoms with Gasteiger partial charge in [-0.05, 0) is 17.4 Å². The van der Waals surface area contributed by atoms with Gasteiger partial charge in [0, 0.05) is 26.1 Å². The van der Waals surface area contributed by atoms with E-state index in [2.05, 4.69) is 41.5 Å². The first-order valence-corrected chi connectivity index (χ1v) is 6.94. The van der Waals surface area contributed by atoms with Crippen LogP contribution in [-0.2, 0) is 7.05 Å². The maximum absolute atomic E-state index is 12.0. The summed E-state index contributed by atoms with van der Waals surface area (Å²) in [6.45, 7) is 2.22. The Balaban J connectivity index is 1.96. The summed E-state index contributed by atoms with van der Waals surface area (Å²) < 4.78 is 1.54. The molecule has 104 valence electrons. The predicted octanol–water partition coefficient (Wildman–Crippen LogP) is 2.34. The molecule has 3 unspecified atom stereocenters. The molecule has 0 radical (unpaired) electrons. The average molecular weight is 269 g/mol. The van der Waals surface area contributed by atoms with Crippen LogP contribution in [0, 0.1) is 5.92 Å². The number of hydrogen-bond donors (Lipinski definition) is 1. The van der Waals surface area contributed by atoms with Gasteiger partial charge in [0.15, 0.2) is 0 Å². The van der Waals surface area contributed by atoms with E-state index in [1.54, 1.807) is 20.2 Å². The Bertz CT molecular complexity index is 678. The average Bonchev–Trinajstić information content (AvgIpc) is 3.14. The SMILES string of the molecule is CNc1nc(C2C(C)C2c2ccccc2)cc(=O)n1C. The first-order chi connectivity index (χ1) is 9.63. The summed E-state index contributed by atoms with van der Waals surface area (Å²) >= 11 is 0. The molecule has 0 amide bonds. The third-order valence-electron chi connectivity index (χ3n) is 4.28. The van der Waals surface area contributed by atoms with Gasteiger partial charge in [-0.15, -0.1) is 0 Å². The zero-order valence-corrected chi connectivity index (χ0v) is 12.0. The minimum atomic E-state index is -0.00902. The van der Waals surface area contributed by atoms with Gasteiger partial charge in [-0.25, -0.2) is 4.98 Å². The fourth-order valence-corrected chi connectivity index (χ4v) is 3.05. The zero-order chi connectivity index (χ0) is 14.3. The molecule has 0 aliphatic heterocycles. The molecule has 1 aliphatic rings. The van der Waals surface area contributed by atoms with Crippen molar-refractivity contribution in [2.75, 3.05) is 12.4 Å². The molecule has 1 aromatic carbocycles. The molecule has 1 saturated carbocycles. The third-order valence-corrected chi connectivity index (χ3v) is 4.28. The van der Waals surface area contributed by atoms with Crippen LogP contribution in [0.25, 0.3) is 0 Å². The van der Waals surface area contributed by atoms with Gasteiger partial charge in [-0.3, -0.25) is 9.36 Å². The van der Waals surface area contributed by atoms with Gasteiger partial charge in [0.05, 0.1) is 5.69 Å². The summed E-state index contributed by atoms with van der Waals surface area (Å²) in [7, 11) is 3.52. The summed E-state index contributed by atoms with van der Waals surface area (Å²) in [6, 6.07) is 12.1. The predicted molar refractivity (Wildman–Crippen MR) is 80.1 cm³/mol. The summed E-state index contributed by atoms with van der Waals surface area (Å²) in [5.41, 5.74) is 2.22. The largest absolute Gasteiger partial charge is 0.359 e. The summed E-state index contributed by atoms with van der Waals surface area (Å²) in [6.07, 6.45) is 0. The van der Waals surface area contributed by atoms with Gasteiger partial charge in [0.1, 0.15) is 0 Å². The van der Waals surface area contributed by atoms with Crippen molar-refractivity contribution >= 4 is 5.95 Å². The zero-order valence-electron chi connectivity index (χ0n) is 12.0. The Morgan fingerprint density at radius 1 is 1.20 bits per heavy atom. The number of benzene rings is 1. The lowest BCUT2D eigenvalue weighted by atomic mass is 10.1. The molecule has 3 rings (SSSR count). The number of hydrogen-bond acceptors (Lipinski definition) is 3. The van der Waals surface area contributed by atoms with Crippen LogP contribution in [0.2, 0.25) is 0 Å². The van der Waals surface area contributed by atoms with Crippen molar-refractivity contribution in [2.24, 2.45) is 13.0 Å². The summed E-state index contributed by atoms with van der Waals surface area (Å²) in [5.74, 6) is 1.97. The van der Waals surface area contributed by atoms with Crippen LogP contribution in [-0.4, -0.2) is 16.6 Å². The molecule has 1 fully saturated rings. The Hall–Kier alpha value is -2.10. The van der Waals surface area contributed by atoms with Gasteiger partial charge < -0.3 is 5.32 Å². The molecule has 4 heteroatoms. The van der Waals surface area contributed by atoms with Crippen molar-refractivity contribution < 1.29 is 0 Å². The van der Waals surface area contributed by atoms with Crippen molar-refractivity contribution in [1.82, 2.24) is 9.55 Å². The quantitative estimate of drug-likeness (QED) is 0.930. The van der Waals surface area contributed by atoms with Crippen molar-refractivity contribution in [1.29, 1.82) is 0 Å². The molecular formula is C16H19N3O. The molecule has 0 spiro atoms. The molecule has 1 aromatic heterocycles. The van der Waals surface area contributed by atoms with Crippen LogP contribution >= 0.6 is 0 Å². The molecule has 3 atom stereocenters. The Morgan fingerprint density at radius 3 is 2.55 bits per heavy atom. The van der Waals surface area contributed by atoms with Crippen LogP contribution in [0.4, 0.5) is 5.95 Å². The van der Waals surface area contributed by atoms with Gasteiger partial charge in [-0.1, -0.05) is 37.3 Å². The maximum atomic E-state index is 12.0. The number of nitrogens with one attached hydrogen (secondary N) is 1. The molecule has 4 nitrogen and oxygen atoms in total. The summed E-state index contributed by atoms with van der Waals surface area (Å²) in [4.78, 5) is 16.6. The van der Waals surface area contributed by atoms with E-state index in [0.717, 1.165) is 5.69 Å². The Morgan fingerprint density at radius 2 is 1.90 bits per heavy atom. The van der Waals surface area contributed by atoms with Gasteiger partial charge in [0.2, 0.25) is 5.95 Å². The molecule has 20 heavy (non-hydrogen) atoms. The Labute approximate surface area is 118 Å². The molecule has 2 aromatic rings. The van der Waals surface area contributed by atoms with Crippen LogP contribution in [0.15, 0.2) is 41.2 Å². The second-order valence-corrected chi connectivity index (χ2v) is 5.47. The van der Waals surface area contributed by atoms with Crippen molar-refractivity contribution in [3.8, 4) is 0 Å². The monoisotopic (exact) mass is 269 g/mol. The minimum Gasteiger partial charge on any atom is -0.359 e. The highest BCUT2D eigenvalue weighted by Crippen LogP contribution is 2.59. The number of nitrogens with zero attached hydrogens (tertiary/aromatic N) is 2. The highest BCUT2D eigenvalue weighted by molar-refractivity contribution is 5.38. The number of aromatic nitrogens is 2. The van der Waals surface area contributed by atoms with Crippen molar-refractivity contribution in [3.05, 3.63) is 58.0 Å². The lowest BCUT2D eigenvalue weighted by Crippen LogP contribution is -2.21. The van der Waals surface area contributed by atoms with E-state index in [0.29, 0.717) is 23.7 Å². The topological polar surface area (TPSA) is 46.9 Å². The van der Waals surface area contributed by atoms with Crippen molar-refractivity contribution in [2.45, 2.75) is 18.8 Å². The van der Waals surface area contributed by atoms with E-state index in [1.165, 1.54) is 10.1 Å². The maximum Gasteiger partial charge on any atom is 0.254 e. The highest BCUT2D eigenvalue weighted by atomic mass is 16.1. The fraction of sp³-hybridized carbons (Fsp3) is 0.375. The first kappa shape index (κ1) is 12.9. The van der Waals surface area contributed by atoms with Crippen LogP contribution in [0.3, 0.4) is 0 Å². The van der Waals surface area contributed by atoms with E-state index in [4.69, 9.17) is 0 Å².